The van der Waals surface area contributed by atoms with Crippen LogP contribution < -0.4 is 0 Å². The van der Waals surface area contributed by atoms with Gasteiger partial charge in [0.2, 0.25) is 7.37 Å². The number of rotatable bonds is 12. The van der Waals surface area contributed by atoms with Crippen LogP contribution in [0.25, 0.3) is 10.8 Å². The lowest BCUT2D eigenvalue weighted by Crippen LogP contribution is -2.23. The average molecular weight is 471 g/mol. The summed E-state index contributed by atoms with van der Waals surface area (Å²) in [6.45, 7) is 4.30. The average Bonchev–Trinajstić information content (AvgIpc) is 2.81. The second kappa shape index (κ2) is 12.2. The highest BCUT2D eigenvalue weighted by Crippen LogP contribution is 2.53. The minimum Gasteiger partial charge on any atom is -0.466 e. The molecule has 4 nitrogen and oxygen atoms in total. The summed E-state index contributed by atoms with van der Waals surface area (Å²) in [5.74, 6) is -0.751. The molecule has 32 heavy (non-hydrogen) atoms. The van der Waals surface area contributed by atoms with Gasteiger partial charge in [-0.1, -0.05) is 66.7 Å². The van der Waals surface area contributed by atoms with Gasteiger partial charge < -0.3 is 9.26 Å². The molecule has 0 saturated carbocycles. The number of aryl methyl sites for hydroxylation is 1. The Morgan fingerprint density at radius 1 is 0.938 bits per heavy atom. The third-order valence-electron chi connectivity index (χ3n) is 5.27. The molecule has 2 atom stereocenters. The summed E-state index contributed by atoms with van der Waals surface area (Å²) in [5, 5.41) is 2.28. The molecule has 0 saturated heterocycles. The molecule has 6 heteroatoms. The lowest BCUT2D eigenvalue weighted by atomic mass is 10.0. The zero-order valence-electron chi connectivity index (χ0n) is 18.7. The number of carbonyl (C=O) groups is 1. The minimum absolute atomic E-state index is 0.199. The lowest BCUT2D eigenvalue weighted by Gasteiger charge is -2.23. The molecule has 0 aromatic heterocycles. The molecule has 0 aliphatic heterocycles. The quantitative estimate of drug-likeness (QED) is 0.162. The maximum absolute atomic E-state index is 13.8. The third kappa shape index (κ3) is 6.96. The van der Waals surface area contributed by atoms with Gasteiger partial charge in [-0.25, -0.2) is 0 Å². The van der Waals surface area contributed by atoms with Crippen LogP contribution >= 0.6 is 19.1 Å². The molecule has 0 aliphatic carbocycles. The van der Waals surface area contributed by atoms with E-state index < -0.39 is 13.3 Å². The molecule has 2 unspecified atom stereocenters. The Bertz CT molecular complexity index is 1050. The number of thioether (sulfide) groups is 1. The van der Waals surface area contributed by atoms with E-state index in [2.05, 4.69) is 18.2 Å². The topological polar surface area (TPSA) is 52.6 Å². The van der Waals surface area contributed by atoms with E-state index >= 15 is 0 Å². The molecular formula is C26H31O4PS. The predicted molar refractivity (Wildman–Crippen MR) is 134 cm³/mol. The van der Waals surface area contributed by atoms with Gasteiger partial charge in [0.05, 0.1) is 24.6 Å². The first-order chi connectivity index (χ1) is 15.5. The van der Waals surface area contributed by atoms with E-state index in [0.717, 1.165) is 27.7 Å². The van der Waals surface area contributed by atoms with Crippen molar-refractivity contribution < 1.29 is 18.6 Å². The number of ether oxygens (including phenoxy) is 1. The summed E-state index contributed by atoms with van der Waals surface area (Å²) in [4.78, 5) is 13.8. The van der Waals surface area contributed by atoms with Gasteiger partial charge in [-0.05, 0) is 49.1 Å². The summed E-state index contributed by atoms with van der Waals surface area (Å²) in [5.41, 5.74) is 1.48. The summed E-state index contributed by atoms with van der Waals surface area (Å²) in [6.07, 6.45) is 1.51. The molecule has 3 rings (SSSR count). The monoisotopic (exact) mass is 470 g/mol. The largest absolute Gasteiger partial charge is 0.466 e. The van der Waals surface area contributed by atoms with E-state index in [1.54, 1.807) is 6.92 Å². The molecule has 170 valence electrons. The van der Waals surface area contributed by atoms with Crippen molar-refractivity contribution in [2.45, 2.75) is 31.6 Å². The molecule has 0 amide bonds. The third-order valence-corrected chi connectivity index (χ3v) is 9.76. The van der Waals surface area contributed by atoms with Gasteiger partial charge >= 0.3 is 5.97 Å². The number of esters is 1. The Balaban J connectivity index is 1.75. The van der Waals surface area contributed by atoms with E-state index in [0.29, 0.717) is 25.1 Å². The van der Waals surface area contributed by atoms with Crippen molar-refractivity contribution in [1.82, 2.24) is 0 Å². The molecule has 0 N–H and O–H groups in total. The zero-order chi connectivity index (χ0) is 22.8. The summed E-state index contributed by atoms with van der Waals surface area (Å²) in [7, 11) is -3.06. The minimum atomic E-state index is -3.06. The number of hydrogen-bond donors (Lipinski definition) is 0. The molecule has 0 heterocycles. The molecular weight excluding hydrogens is 439 g/mol. The van der Waals surface area contributed by atoms with E-state index in [1.165, 1.54) is 11.8 Å². The molecule has 0 aliphatic rings. The van der Waals surface area contributed by atoms with Crippen molar-refractivity contribution in [2.24, 2.45) is 5.92 Å². The van der Waals surface area contributed by atoms with Crippen LogP contribution in [0.1, 0.15) is 25.8 Å². The summed E-state index contributed by atoms with van der Waals surface area (Å²) in [6, 6.07) is 24.3. The Hall–Kier alpha value is -2.07. The van der Waals surface area contributed by atoms with Crippen LogP contribution in [0.3, 0.4) is 0 Å². The van der Waals surface area contributed by atoms with Crippen molar-refractivity contribution >= 4 is 35.9 Å². The predicted octanol–water partition coefficient (Wildman–Crippen LogP) is 7.02. The van der Waals surface area contributed by atoms with Gasteiger partial charge in [-0.3, -0.25) is 9.36 Å². The van der Waals surface area contributed by atoms with E-state index in [1.807, 2.05) is 61.5 Å². The van der Waals surface area contributed by atoms with Gasteiger partial charge in [-0.15, -0.1) is 11.8 Å². The maximum Gasteiger partial charge on any atom is 0.309 e. The number of hydrogen-bond acceptors (Lipinski definition) is 5. The van der Waals surface area contributed by atoms with E-state index in [-0.39, 0.29) is 12.1 Å². The lowest BCUT2D eigenvalue weighted by molar-refractivity contribution is -0.147. The van der Waals surface area contributed by atoms with Gasteiger partial charge in [0.1, 0.15) is 0 Å². The second-order valence-electron chi connectivity index (χ2n) is 7.64. The fourth-order valence-corrected chi connectivity index (χ4v) is 7.89. The molecule has 0 spiro atoms. The standard InChI is InChI=1S/C26H31O4PS/c1-3-29-26(27)23(18-17-21-11-6-5-7-12-21)19-31(28,30-4-2)20-32-25-16-10-14-22-13-8-9-15-24(22)25/h5-16,23H,3-4,17-20H2,1-2H3. The van der Waals surface area contributed by atoms with E-state index in [9.17, 15) is 9.36 Å². The molecule has 0 radical (unpaired) electrons. The van der Waals surface area contributed by atoms with Crippen LogP contribution in [0.15, 0.2) is 77.7 Å². The van der Waals surface area contributed by atoms with Crippen LogP contribution in [0.5, 0.6) is 0 Å². The fraction of sp³-hybridized carbons (Fsp3) is 0.346. The Morgan fingerprint density at radius 2 is 1.66 bits per heavy atom. The Kier molecular flexibility index (Phi) is 9.40. The maximum atomic E-state index is 13.8. The molecule has 0 bridgehead atoms. The van der Waals surface area contributed by atoms with E-state index in [4.69, 9.17) is 9.26 Å². The first-order valence-corrected chi connectivity index (χ1v) is 14.1. The van der Waals surface area contributed by atoms with Crippen molar-refractivity contribution in [2.75, 3.05) is 24.9 Å². The number of fused-ring (bicyclic) bond motifs is 1. The normalized spacial score (nSPS) is 14.1. The first-order valence-electron chi connectivity index (χ1n) is 11.1. The highest BCUT2D eigenvalue weighted by atomic mass is 32.2. The summed E-state index contributed by atoms with van der Waals surface area (Å²) >= 11 is 1.54. The zero-order valence-corrected chi connectivity index (χ0v) is 20.4. The van der Waals surface area contributed by atoms with Crippen molar-refractivity contribution in [3.63, 3.8) is 0 Å². The van der Waals surface area contributed by atoms with Crippen LogP contribution in [-0.2, 0) is 25.0 Å². The van der Waals surface area contributed by atoms with Crippen LogP contribution in [-0.4, -0.2) is 30.8 Å². The fourth-order valence-electron chi connectivity index (χ4n) is 3.73. The second-order valence-corrected chi connectivity index (χ2v) is 11.7. The molecule has 0 fully saturated rings. The van der Waals surface area contributed by atoms with Crippen LogP contribution in [0.2, 0.25) is 0 Å². The van der Waals surface area contributed by atoms with Crippen molar-refractivity contribution in [1.29, 1.82) is 0 Å². The first kappa shape index (κ1) is 24.6. The SMILES string of the molecule is CCOC(=O)C(CCc1ccccc1)CP(=O)(CSc1cccc2ccccc12)OCC. The van der Waals surface area contributed by atoms with Gasteiger partial charge in [0.15, 0.2) is 0 Å². The van der Waals surface area contributed by atoms with Gasteiger partial charge in [-0.2, -0.15) is 0 Å². The summed E-state index contributed by atoms with van der Waals surface area (Å²) < 4.78 is 24.9. The van der Waals surface area contributed by atoms with Crippen molar-refractivity contribution in [3.8, 4) is 0 Å². The Morgan fingerprint density at radius 3 is 2.41 bits per heavy atom. The smallest absolute Gasteiger partial charge is 0.309 e. The highest BCUT2D eigenvalue weighted by Gasteiger charge is 2.32. The molecule has 3 aromatic rings. The van der Waals surface area contributed by atoms with Crippen LogP contribution in [0, 0.1) is 5.92 Å². The van der Waals surface area contributed by atoms with Gasteiger partial charge in [0, 0.05) is 11.1 Å². The number of carbonyl (C=O) groups excluding carboxylic acids is 1. The van der Waals surface area contributed by atoms with Crippen LogP contribution in [0.4, 0.5) is 0 Å². The Labute approximate surface area is 195 Å². The number of benzene rings is 3. The van der Waals surface area contributed by atoms with Gasteiger partial charge in [0.25, 0.3) is 0 Å². The van der Waals surface area contributed by atoms with Crippen molar-refractivity contribution in [3.05, 3.63) is 78.4 Å². The molecule has 3 aromatic carbocycles. The highest BCUT2D eigenvalue weighted by molar-refractivity contribution is 8.05.